The van der Waals surface area contributed by atoms with Crippen LogP contribution in [0.1, 0.15) is 38.8 Å². The third kappa shape index (κ3) is 4.51. The van der Waals surface area contributed by atoms with Crippen molar-refractivity contribution in [2.24, 2.45) is 0 Å². The van der Waals surface area contributed by atoms with E-state index in [0.29, 0.717) is 0 Å². The molecule has 33 heavy (non-hydrogen) atoms. The van der Waals surface area contributed by atoms with E-state index in [1.165, 1.54) is 6.07 Å². The number of carboxylic acids is 1. The maximum absolute atomic E-state index is 13.3. The van der Waals surface area contributed by atoms with E-state index in [0.717, 1.165) is 11.1 Å². The summed E-state index contributed by atoms with van der Waals surface area (Å²) in [5, 5.41) is 10.9. The summed E-state index contributed by atoms with van der Waals surface area (Å²) < 4.78 is 32.6. The number of aliphatic carboxylic acids is 1. The van der Waals surface area contributed by atoms with E-state index >= 15 is 0 Å². The standard InChI is InChI=1S/C26H28O4.H2O.O.Ti/c1-24(2,19-13-7-5-8-14-19)26(23(28)29,30-22-18-12-11-17-21(22)27)25(3,4)20-15-9-6-10-16-20;;;/h5-18,27H,1-4H3,(H,28,29);1H2;;/q;;;+2/p-2. The summed E-state index contributed by atoms with van der Waals surface area (Å²) in [5.74, 6) is -1.05. The second-order valence-corrected chi connectivity index (χ2v) is 10.0. The van der Waals surface area contributed by atoms with Gasteiger partial charge in [-0.2, -0.15) is 0 Å². The first-order valence-corrected chi connectivity index (χ1v) is 12.5. The van der Waals surface area contributed by atoms with E-state index < -0.39 is 41.0 Å². The van der Waals surface area contributed by atoms with Crippen LogP contribution in [0.4, 0.5) is 0 Å². The van der Waals surface area contributed by atoms with Crippen LogP contribution < -0.4 is 8.06 Å². The Hall–Kier alpha value is -2.80. The zero-order valence-electron chi connectivity index (χ0n) is 19.1. The fourth-order valence-corrected chi connectivity index (χ4v) is 5.17. The van der Waals surface area contributed by atoms with Gasteiger partial charge in [0, 0.05) is 0 Å². The van der Waals surface area contributed by atoms with E-state index in [1.54, 1.807) is 18.2 Å². The van der Waals surface area contributed by atoms with Gasteiger partial charge in [0.15, 0.2) is 0 Å². The molecule has 0 amide bonds. The van der Waals surface area contributed by atoms with Gasteiger partial charge in [-0.25, -0.2) is 0 Å². The molecule has 0 fully saturated rings. The van der Waals surface area contributed by atoms with Gasteiger partial charge in [0.2, 0.25) is 0 Å². The predicted molar refractivity (Wildman–Crippen MR) is 120 cm³/mol. The molecule has 2 N–H and O–H groups in total. The van der Waals surface area contributed by atoms with Crippen molar-refractivity contribution in [2.75, 3.05) is 0 Å². The molecular weight excluding hydrogens is 456 g/mol. The molecule has 0 aromatic heterocycles. The SMILES string of the molecule is CC(C)(c1ccccc1)C(Oc1ccccc1[O][Ti](=[O])[OH])(C(=O)O)C(C)(C)c1ccccc1. The summed E-state index contributed by atoms with van der Waals surface area (Å²) in [5.41, 5.74) is -2.41. The van der Waals surface area contributed by atoms with Crippen LogP contribution >= 0.6 is 0 Å². The number of carboxylic acid groups (broad SMARTS) is 1. The Labute approximate surface area is 200 Å². The molecule has 0 spiro atoms. The van der Waals surface area contributed by atoms with Crippen LogP contribution in [0.25, 0.3) is 0 Å². The fraction of sp³-hybridized carbons (Fsp3) is 0.269. The average molecular weight is 484 g/mol. The van der Waals surface area contributed by atoms with Crippen molar-refractivity contribution in [1.82, 2.24) is 0 Å². The third-order valence-electron chi connectivity index (χ3n) is 6.36. The van der Waals surface area contributed by atoms with Crippen LogP contribution in [0, 0.1) is 0 Å². The first-order valence-electron chi connectivity index (χ1n) is 10.6. The Morgan fingerprint density at radius 3 is 1.52 bits per heavy atom. The average Bonchev–Trinajstić information content (AvgIpc) is 2.78. The summed E-state index contributed by atoms with van der Waals surface area (Å²) >= 11 is -3.97. The van der Waals surface area contributed by atoms with Gasteiger partial charge in [0.25, 0.3) is 0 Å². The molecule has 7 heteroatoms. The summed E-state index contributed by atoms with van der Waals surface area (Å²) in [6.07, 6.45) is 0. The van der Waals surface area contributed by atoms with Gasteiger partial charge in [0.1, 0.15) is 0 Å². The van der Waals surface area contributed by atoms with Gasteiger partial charge in [0.05, 0.1) is 0 Å². The summed E-state index contributed by atoms with van der Waals surface area (Å²) in [7, 11) is 0. The number of ether oxygens (including phenoxy) is 1. The molecule has 3 aromatic rings. The van der Waals surface area contributed by atoms with Crippen LogP contribution in [0.5, 0.6) is 11.5 Å². The minimum atomic E-state index is -3.97. The minimum absolute atomic E-state index is 0.0309. The topological polar surface area (TPSA) is 93.1 Å². The van der Waals surface area contributed by atoms with Crippen LogP contribution in [0.3, 0.4) is 0 Å². The van der Waals surface area contributed by atoms with Crippen molar-refractivity contribution in [3.05, 3.63) is 96.1 Å². The van der Waals surface area contributed by atoms with Crippen molar-refractivity contribution in [1.29, 1.82) is 0 Å². The molecule has 0 atom stereocenters. The van der Waals surface area contributed by atoms with E-state index in [2.05, 4.69) is 0 Å². The molecule has 0 aliphatic carbocycles. The maximum atomic E-state index is 13.3. The van der Waals surface area contributed by atoms with Gasteiger partial charge >= 0.3 is 201 Å². The van der Waals surface area contributed by atoms with Crippen LogP contribution in [0.2, 0.25) is 0 Å². The number of hydrogen-bond acceptors (Lipinski definition) is 4. The van der Waals surface area contributed by atoms with Gasteiger partial charge < -0.3 is 0 Å². The number of hydrogen-bond donors (Lipinski definition) is 2. The molecule has 0 heterocycles. The van der Waals surface area contributed by atoms with Crippen molar-refractivity contribution in [3.8, 4) is 11.5 Å². The molecule has 0 aliphatic rings. The molecule has 0 aliphatic heterocycles. The molecular formula is C26H28O6Ti. The molecule has 3 rings (SSSR count). The fourth-order valence-electron chi connectivity index (χ4n) is 4.61. The Morgan fingerprint density at radius 1 is 0.727 bits per heavy atom. The first-order chi connectivity index (χ1) is 15.5. The van der Waals surface area contributed by atoms with Crippen LogP contribution in [-0.2, 0) is 37.6 Å². The molecule has 0 saturated heterocycles. The zero-order valence-corrected chi connectivity index (χ0v) is 20.7. The molecule has 172 valence electrons. The molecule has 6 nitrogen and oxygen atoms in total. The van der Waals surface area contributed by atoms with Gasteiger partial charge in [-0.3, -0.25) is 0 Å². The second kappa shape index (κ2) is 9.60. The normalized spacial score (nSPS) is 12.2. The Bertz CT molecular complexity index is 1070. The van der Waals surface area contributed by atoms with Gasteiger partial charge in [-0.15, -0.1) is 0 Å². The molecule has 0 saturated carbocycles. The monoisotopic (exact) mass is 484 g/mol. The second-order valence-electron chi connectivity index (χ2n) is 8.89. The Kier molecular flexibility index (Phi) is 7.22. The summed E-state index contributed by atoms with van der Waals surface area (Å²) in [4.78, 5) is 13.3. The number of benzene rings is 3. The number of carbonyl (C=O) groups is 1. The predicted octanol–water partition coefficient (Wildman–Crippen LogP) is 5.01. The van der Waals surface area contributed by atoms with Crippen molar-refractivity contribution >= 4 is 5.97 Å². The molecule has 0 unspecified atom stereocenters. The van der Waals surface area contributed by atoms with Crippen molar-refractivity contribution in [3.63, 3.8) is 0 Å². The van der Waals surface area contributed by atoms with Gasteiger partial charge in [-0.1, -0.05) is 0 Å². The molecule has 0 bridgehead atoms. The number of rotatable bonds is 9. The van der Waals surface area contributed by atoms with Crippen molar-refractivity contribution < 1.29 is 43.6 Å². The zero-order chi connectivity index (χ0) is 24.3. The third-order valence-corrected chi connectivity index (χ3v) is 6.98. The summed E-state index contributed by atoms with van der Waals surface area (Å²) in [6.45, 7) is 7.35. The van der Waals surface area contributed by atoms with E-state index in [9.17, 15) is 16.9 Å². The molecule has 0 radical (unpaired) electrons. The van der Waals surface area contributed by atoms with Crippen molar-refractivity contribution in [2.45, 2.75) is 44.1 Å². The first kappa shape index (κ1) is 24.8. The van der Waals surface area contributed by atoms with E-state index in [4.69, 9.17) is 8.06 Å². The number of para-hydroxylation sites is 2. The Morgan fingerprint density at radius 2 is 1.12 bits per heavy atom. The van der Waals surface area contributed by atoms with E-state index in [1.807, 2.05) is 88.4 Å². The molecule has 3 aromatic carbocycles. The summed E-state index contributed by atoms with van der Waals surface area (Å²) in [6, 6.07) is 25.0. The van der Waals surface area contributed by atoms with Crippen LogP contribution in [0.15, 0.2) is 84.9 Å². The van der Waals surface area contributed by atoms with E-state index in [-0.39, 0.29) is 11.5 Å². The van der Waals surface area contributed by atoms with Crippen LogP contribution in [-0.4, -0.2) is 20.4 Å². The van der Waals surface area contributed by atoms with Gasteiger partial charge in [-0.05, 0) is 0 Å². The quantitative estimate of drug-likeness (QED) is 0.415. The Balaban J connectivity index is 2.33.